The molecule has 1 aromatic heterocycles. The number of rotatable bonds is 9. The van der Waals surface area contributed by atoms with Crippen LogP contribution in [-0.2, 0) is 23.7 Å². The van der Waals surface area contributed by atoms with Crippen molar-refractivity contribution in [2.24, 2.45) is 0 Å². The highest BCUT2D eigenvalue weighted by Crippen LogP contribution is 2.55. The normalized spacial score (nSPS) is 14.5. The smallest absolute Gasteiger partial charge is 0.338 e. The fraction of sp³-hybridized carbons (Fsp3) is 1.00. The third-order valence-electron chi connectivity index (χ3n) is 2.42. The Morgan fingerprint density at radius 1 is 0.947 bits per heavy atom. The number of nitrogens with zero attached hydrogens (tertiary/aromatic N) is 2. The van der Waals surface area contributed by atoms with Gasteiger partial charge in [0, 0.05) is 46.9 Å². The van der Waals surface area contributed by atoms with E-state index in [1.807, 2.05) is 0 Å². The minimum absolute atomic E-state index is 0.748. The maximum Gasteiger partial charge on any atom is 0.351 e. The number of hydrogen-bond donors (Lipinski definition) is 0. The Morgan fingerprint density at radius 2 is 1.47 bits per heavy atom. The zero-order valence-corrected chi connectivity index (χ0v) is 14.3. The van der Waals surface area contributed by atoms with Crippen molar-refractivity contribution >= 4 is 26.9 Å². The summed E-state index contributed by atoms with van der Waals surface area (Å²) in [6.45, 7) is 0. The van der Waals surface area contributed by atoms with Gasteiger partial charge in [0.15, 0.2) is 15.6 Å². The van der Waals surface area contributed by atoms with Gasteiger partial charge in [-0.05, 0) is 0 Å². The molecule has 0 saturated carbocycles. The largest absolute Gasteiger partial charge is 0.351 e. The van der Waals surface area contributed by atoms with Gasteiger partial charge in [-0.2, -0.15) is 4.51 Å². The van der Waals surface area contributed by atoms with Gasteiger partial charge in [0.05, 0.1) is 7.11 Å². The Kier molecular flexibility index (Phi) is 6.72. The standard InChI is InChI=1S/C8H18N2O6P2S/c1-11-7(12-2,13-3)8(14-4,15-5)19-18-9-17-10(18)16-6/h1-6H3. The summed E-state index contributed by atoms with van der Waals surface area (Å²) in [5.74, 6) is -1.52. The highest BCUT2D eigenvalue weighted by atomic mass is 32.7. The molecule has 8 nitrogen and oxygen atoms in total. The van der Waals surface area contributed by atoms with Crippen LogP contribution in [0.15, 0.2) is 0 Å². The van der Waals surface area contributed by atoms with E-state index in [0.717, 1.165) is 8.51 Å². The number of ether oxygens (including phenoxy) is 5. The van der Waals surface area contributed by atoms with Crippen molar-refractivity contribution in [1.82, 2.24) is 8.76 Å². The maximum absolute atomic E-state index is 5.46. The van der Waals surface area contributed by atoms with Gasteiger partial charge in [-0.25, -0.2) is 0 Å². The van der Waals surface area contributed by atoms with E-state index >= 15 is 0 Å². The average molecular weight is 332 g/mol. The van der Waals surface area contributed by atoms with Gasteiger partial charge in [-0.3, -0.25) is 4.84 Å². The van der Waals surface area contributed by atoms with Gasteiger partial charge in [0.1, 0.15) is 0 Å². The average Bonchev–Trinajstić information content (AvgIpc) is 2.43. The van der Waals surface area contributed by atoms with Crippen LogP contribution in [0.3, 0.4) is 0 Å². The summed E-state index contributed by atoms with van der Waals surface area (Å²) in [4.78, 5) is 5.15. The van der Waals surface area contributed by atoms with Crippen LogP contribution in [0.2, 0.25) is 0 Å². The molecule has 11 heteroatoms. The second-order valence-corrected chi connectivity index (χ2v) is 7.78. The number of aromatic nitrogens is 2. The monoisotopic (exact) mass is 332 g/mol. The van der Waals surface area contributed by atoms with Crippen LogP contribution in [0.5, 0.6) is 0 Å². The summed E-state index contributed by atoms with van der Waals surface area (Å²) in [5.41, 5.74) is 0. The zero-order chi connectivity index (χ0) is 14.5. The van der Waals surface area contributed by atoms with Gasteiger partial charge in [0.25, 0.3) is 0 Å². The summed E-state index contributed by atoms with van der Waals surface area (Å²) < 4.78 is 32.8. The van der Waals surface area contributed by atoms with Crippen molar-refractivity contribution in [2.45, 2.75) is 11.1 Å². The summed E-state index contributed by atoms with van der Waals surface area (Å²) in [7, 11) is 8.62. The quantitative estimate of drug-likeness (QED) is 0.631. The second kappa shape index (κ2) is 7.36. The lowest BCUT2D eigenvalue weighted by atomic mass is 10.5. The minimum Gasteiger partial charge on any atom is -0.338 e. The lowest BCUT2D eigenvalue weighted by Gasteiger charge is -2.42. The van der Waals surface area contributed by atoms with E-state index in [4.69, 9.17) is 28.5 Å². The molecule has 1 aromatic rings. The van der Waals surface area contributed by atoms with Crippen LogP contribution >= 0.6 is 26.9 Å². The van der Waals surface area contributed by atoms with Crippen LogP contribution in [0.4, 0.5) is 0 Å². The predicted octanol–water partition coefficient (Wildman–Crippen LogP) is 1.54. The molecule has 0 N–H and O–H groups in total. The van der Waals surface area contributed by atoms with E-state index in [1.165, 1.54) is 46.9 Å². The Bertz CT molecular complexity index is 371. The van der Waals surface area contributed by atoms with Crippen LogP contribution in [0.1, 0.15) is 0 Å². The topological polar surface area (TPSA) is 73.2 Å². The Morgan fingerprint density at radius 3 is 1.74 bits per heavy atom. The Hall–Kier alpha value is 0.310. The molecular weight excluding hydrogens is 314 g/mol. The summed E-state index contributed by atoms with van der Waals surface area (Å²) >= 11 is 1.26. The first-order valence-electron chi connectivity index (χ1n) is 5.09. The third kappa shape index (κ3) is 3.00. The van der Waals surface area contributed by atoms with Gasteiger partial charge < -0.3 is 23.7 Å². The minimum atomic E-state index is -1.52. The molecular formula is C8H18N2O6P2S. The maximum atomic E-state index is 5.46. The van der Waals surface area contributed by atoms with Crippen molar-refractivity contribution in [3.8, 4) is 0 Å². The Labute approximate surface area is 118 Å². The first-order chi connectivity index (χ1) is 9.08. The third-order valence-corrected chi connectivity index (χ3v) is 8.54. The number of methoxy groups -OCH3 is 5. The van der Waals surface area contributed by atoms with Gasteiger partial charge in [-0.15, -0.1) is 4.26 Å². The molecule has 1 rings (SSSR count). The molecule has 0 amide bonds. The molecule has 1 atom stereocenters. The SMILES string of the molecule is COn1pnp1SC(OC)(OC)C(OC)(OC)OC. The van der Waals surface area contributed by atoms with Crippen LogP contribution in [0, 0.1) is 0 Å². The van der Waals surface area contributed by atoms with Crippen LogP contribution in [-0.4, -0.2) is 62.5 Å². The molecule has 0 spiro atoms. The van der Waals surface area contributed by atoms with Crippen molar-refractivity contribution in [3.63, 3.8) is 0 Å². The summed E-state index contributed by atoms with van der Waals surface area (Å²) in [6.07, 6.45) is 0. The van der Waals surface area contributed by atoms with Crippen LogP contribution in [0.25, 0.3) is 0 Å². The molecule has 1 unspecified atom stereocenters. The molecule has 0 aliphatic carbocycles. The van der Waals surface area contributed by atoms with E-state index < -0.39 is 18.1 Å². The predicted molar refractivity (Wildman–Crippen MR) is 73.4 cm³/mol. The molecule has 1 heterocycles. The first kappa shape index (κ1) is 17.4. The highest BCUT2D eigenvalue weighted by molar-refractivity contribution is 8.52. The van der Waals surface area contributed by atoms with Crippen molar-refractivity contribution < 1.29 is 28.5 Å². The summed E-state index contributed by atoms with van der Waals surface area (Å²) in [6, 6.07) is 0. The van der Waals surface area contributed by atoms with E-state index in [0.29, 0.717) is 0 Å². The van der Waals surface area contributed by atoms with Crippen molar-refractivity contribution in [3.05, 3.63) is 0 Å². The first-order valence-corrected chi connectivity index (χ1v) is 8.56. The Balaban J connectivity index is 3.09. The molecule has 0 aromatic carbocycles. The lowest BCUT2D eigenvalue weighted by molar-refractivity contribution is -0.444. The fourth-order valence-electron chi connectivity index (χ4n) is 1.46. The lowest BCUT2D eigenvalue weighted by Crippen LogP contribution is -2.58. The van der Waals surface area contributed by atoms with E-state index in [2.05, 4.69) is 4.51 Å². The molecule has 0 bridgehead atoms. The molecule has 0 aliphatic rings. The summed E-state index contributed by atoms with van der Waals surface area (Å²) in [5, 5.41) is -1.34. The number of hydrogen-bond acceptors (Lipinski definition) is 8. The molecule has 0 radical (unpaired) electrons. The fourth-order valence-corrected chi connectivity index (χ4v) is 6.54. The van der Waals surface area contributed by atoms with E-state index in [9.17, 15) is 0 Å². The molecule has 0 saturated heterocycles. The molecule has 0 aliphatic heterocycles. The van der Waals surface area contributed by atoms with Crippen LogP contribution < -0.4 is 4.84 Å². The molecule has 19 heavy (non-hydrogen) atoms. The van der Waals surface area contributed by atoms with Gasteiger partial charge in [0.2, 0.25) is 0 Å². The molecule has 0 fully saturated rings. The zero-order valence-electron chi connectivity index (χ0n) is 11.6. The highest BCUT2D eigenvalue weighted by Gasteiger charge is 2.58. The van der Waals surface area contributed by atoms with E-state index in [-0.39, 0.29) is 0 Å². The second-order valence-electron chi connectivity index (χ2n) is 3.09. The van der Waals surface area contributed by atoms with Gasteiger partial charge in [-0.1, -0.05) is 0 Å². The van der Waals surface area contributed by atoms with Gasteiger partial charge >= 0.3 is 11.1 Å². The van der Waals surface area contributed by atoms with E-state index in [1.54, 1.807) is 11.4 Å². The van der Waals surface area contributed by atoms with Crippen molar-refractivity contribution in [1.29, 1.82) is 0 Å². The van der Waals surface area contributed by atoms with Crippen molar-refractivity contribution in [2.75, 3.05) is 42.7 Å². The molecule has 112 valence electrons.